The van der Waals surface area contributed by atoms with Gasteiger partial charge in [0.2, 0.25) is 0 Å². The Hall–Kier alpha value is -0.610. The predicted molar refractivity (Wildman–Crippen MR) is 41.6 cm³/mol. The van der Waals surface area contributed by atoms with Crippen LogP contribution in [0.3, 0.4) is 0 Å². The number of rotatable bonds is 1. The van der Waals surface area contributed by atoms with Gasteiger partial charge in [0.05, 0.1) is 18.1 Å². The van der Waals surface area contributed by atoms with Gasteiger partial charge in [0.15, 0.2) is 0 Å². The van der Waals surface area contributed by atoms with E-state index in [1.165, 1.54) is 0 Å². The first kappa shape index (κ1) is 9.48. The van der Waals surface area contributed by atoms with Crippen molar-refractivity contribution in [2.75, 3.05) is 0 Å². The highest BCUT2D eigenvalue weighted by Crippen LogP contribution is 2.23. The number of aliphatic hydroxyl groups is 2. The fourth-order valence-corrected chi connectivity index (χ4v) is 1.52. The maximum Gasteiger partial charge on any atom is 0.306 e. The Balaban J connectivity index is 2.49. The molecule has 0 aromatic rings. The summed E-state index contributed by atoms with van der Waals surface area (Å²) >= 11 is 0. The van der Waals surface area contributed by atoms with Gasteiger partial charge in [0.25, 0.3) is 0 Å². The second kappa shape index (κ2) is 3.87. The Morgan fingerprint density at radius 3 is 1.75 bits per heavy atom. The minimum Gasteiger partial charge on any atom is -0.481 e. The van der Waals surface area contributed by atoms with Crippen molar-refractivity contribution in [3.63, 3.8) is 0 Å². The van der Waals surface area contributed by atoms with Crippen molar-refractivity contribution >= 4 is 5.97 Å². The molecular weight excluding hydrogens is 160 g/mol. The lowest BCUT2D eigenvalue weighted by Gasteiger charge is -2.12. The first-order chi connectivity index (χ1) is 5.61. The van der Waals surface area contributed by atoms with Gasteiger partial charge in [-0.15, -0.1) is 0 Å². The summed E-state index contributed by atoms with van der Waals surface area (Å²) in [6, 6.07) is 0. The van der Waals surface area contributed by atoms with Crippen LogP contribution in [0.5, 0.6) is 0 Å². The van der Waals surface area contributed by atoms with Crippen LogP contribution in [0.4, 0.5) is 0 Å². The van der Waals surface area contributed by atoms with Crippen LogP contribution in [0.15, 0.2) is 0 Å². The van der Waals surface area contributed by atoms with E-state index in [1.807, 2.05) is 0 Å². The zero-order valence-electron chi connectivity index (χ0n) is 6.81. The van der Waals surface area contributed by atoms with Crippen molar-refractivity contribution in [3.05, 3.63) is 0 Å². The number of hydrogen-bond acceptors (Lipinski definition) is 3. The number of carbonyl (C=O) groups is 1. The highest BCUT2D eigenvalue weighted by atomic mass is 16.4. The Morgan fingerprint density at radius 2 is 1.42 bits per heavy atom. The Bertz CT molecular complexity index is 156. The molecule has 0 bridgehead atoms. The molecule has 0 heterocycles. The van der Waals surface area contributed by atoms with Crippen LogP contribution >= 0.6 is 0 Å². The molecule has 0 aromatic heterocycles. The van der Waals surface area contributed by atoms with Gasteiger partial charge >= 0.3 is 5.97 Å². The molecule has 0 aliphatic heterocycles. The van der Waals surface area contributed by atoms with Crippen LogP contribution in [-0.4, -0.2) is 33.5 Å². The standard InChI is InChI=1S/C8H14O4/c9-6-3-1-5(8(11)12)2-4-7(6)10/h5-7,9-10H,1-4H2,(H,11,12). The first-order valence-electron chi connectivity index (χ1n) is 4.20. The third-order valence-corrected chi connectivity index (χ3v) is 2.42. The van der Waals surface area contributed by atoms with Gasteiger partial charge in [-0.1, -0.05) is 0 Å². The molecule has 3 N–H and O–H groups in total. The van der Waals surface area contributed by atoms with E-state index in [0.29, 0.717) is 25.7 Å². The number of hydrogen-bond donors (Lipinski definition) is 3. The molecule has 70 valence electrons. The van der Waals surface area contributed by atoms with Crippen LogP contribution in [0, 0.1) is 5.92 Å². The summed E-state index contributed by atoms with van der Waals surface area (Å²) in [7, 11) is 0. The molecule has 1 aliphatic carbocycles. The van der Waals surface area contributed by atoms with Crippen molar-refractivity contribution in [2.45, 2.75) is 37.9 Å². The smallest absolute Gasteiger partial charge is 0.306 e. The molecule has 4 heteroatoms. The number of carboxylic acids is 1. The average Bonchev–Trinajstić information content (AvgIpc) is 2.16. The largest absolute Gasteiger partial charge is 0.481 e. The second-order valence-corrected chi connectivity index (χ2v) is 3.32. The second-order valence-electron chi connectivity index (χ2n) is 3.32. The predicted octanol–water partition coefficient (Wildman–Crippen LogP) is -0.0170. The van der Waals surface area contributed by atoms with Crippen LogP contribution in [0.25, 0.3) is 0 Å². The molecule has 1 fully saturated rings. The zero-order chi connectivity index (χ0) is 9.14. The Kier molecular flexibility index (Phi) is 3.05. The minimum absolute atomic E-state index is 0.387. The highest BCUT2D eigenvalue weighted by Gasteiger charge is 2.27. The van der Waals surface area contributed by atoms with E-state index >= 15 is 0 Å². The van der Waals surface area contributed by atoms with E-state index in [0.717, 1.165) is 0 Å². The summed E-state index contributed by atoms with van der Waals surface area (Å²) in [6.45, 7) is 0. The lowest BCUT2D eigenvalue weighted by atomic mass is 10.0. The van der Waals surface area contributed by atoms with Crippen molar-refractivity contribution in [1.82, 2.24) is 0 Å². The molecule has 0 saturated heterocycles. The molecule has 2 unspecified atom stereocenters. The van der Waals surface area contributed by atoms with E-state index in [4.69, 9.17) is 5.11 Å². The monoisotopic (exact) mass is 174 g/mol. The highest BCUT2D eigenvalue weighted by molar-refractivity contribution is 5.69. The van der Waals surface area contributed by atoms with Crippen LogP contribution in [-0.2, 0) is 4.79 Å². The molecule has 1 rings (SSSR count). The normalized spacial score (nSPS) is 37.3. The van der Waals surface area contributed by atoms with E-state index in [2.05, 4.69) is 0 Å². The third kappa shape index (κ3) is 2.19. The molecule has 1 saturated carbocycles. The summed E-state index contributed by atoms with van der Waals surface area (Å²) < 4.78 is 0. The average molecular weight is 174 g/mol. The molecule has 12 heavy (non-hydrogen) atoms. The molecule has 0 aromatic carbocycles. The van der Waals surface area contributed by atoms with Crippen LogP contribution in [0.2, 0.25) is 0 Å². The van der Waals surface area contributed by atoms with Crippen molar-refractivity contribution in [2.24, 2.45) is 5.92 Å². The van der Waals surface area contributed by atoms with Gasteiger partial charge < -0.3 is 15.3 Å². The van der Waals surface area contributed by atoms with Gasteiger partial charge in [-0.05, 0) is 25.7 Å². The SMILES string of the molecule is O=C(O)C1CCC(O)C(O)CC1. The number of aliphatic hydroxyl groups excluding tert-OH is 2. The fraction of sp³-hybridized carbons (Fsp3) is 0.875. The van der Waals surface area contributed by atoms with E-state index in [9.17, 15) is 15.0 Å². The molecule has 1 aliphatic rings. The van der Waals surface area contributed by atoms with Crippen LogP contribution in [0.1, 0.15) is 25.7 Å². The van der Waals surface area contributed by atoms with Gasteiger partial charge in [-0.25, -0.2) is 0 Å². The van der Waals surface area contributed by atoms with Gasteiger partial charge in [-0.2, -0.15) is 0 Å². The summed E-state index contributed by atoms with van der Waals surface area (Å²) in [5.41, 5.74) is 0. The summed E-state index contributed by atoms with van der Waals surface area (Å²) in [4.78, 5) is 10.6. The lowest BCUT2D eigenvalue weighted by Crippen LogP contribution is -2.23. The fourth-order valence-electron chi connectivity index (χ4n) is 1.52. The summed E-state index contributed by atoms with van der Waals surface area (Å²) in [5, 5.41) is 27.1. The quantitative estimate of drug-likeness (QED) is 0.488. The topological polar surface area (TPSA) is 77.8 Å². The van der Waals surface area contributed by atoms with Crippen molar-refractivity contribution in [1.29, 1.82) is 0 Å². The van der Waals surface area contributed by atoms with Gasteiger partial charge in [0.1, 0.15) is 0 Å². The lowest BCUT2D eigenvalue weighted by molar-refractivity contribution is -0.142. The molecule has 2 atom stereocenters. The summed E-state index contributed by atoms with van der Waals surface area (Å²) in [5.74, 6) is -1.21. The Morgan fingerprint density at radius 1 is 1.00 bits per heavy atom. The number of carboxylic acid groups (broad SMARTS) is 1. The first-order valence-corrected chi connectivity index (χ1v) is 4.20. The van der Waals surface area contributed by atoms with Crippen molar-refractivity contribution < 1.29 is 20.1 Å². The molecule has 0 spiro atoms. The van der Waals surface area contributed by atoms with E-state index < -0.39 is 24.1 Å². The van der Waals surface area contributed by atoms with E-state index in [-0.39, 0.29) is 0 Å². The van der Waals surface area contributed by atoms with Crippen LogP contribution < -0.4 is 0 Å². The maximum absolute atomic E-state index is 10.6. The van der Waals surface area contributed by atoms with Gasteiger partial charge in [-0.3, -0.25) is 4.79 Å². The number of aliphatic carboxylic acids is 1. The zero-order valence-corrected chi connectivity index (χ0v) is 6.81. The van der Waals surface area contributed by atoms with Crippen molar-refractivity contribution in [3.8, 4) is 0 Å². The van der Waals surface area contributed by atoms with Gasteiger partial charge in [0, 0.05) is 0 Å². The molecule has 4 nitrogen and oxygen atoms in total. The molecular formula is C8H14O4. The maximum atomic E-state index is 10.6. The molecule has 0 amide bonds. The molecule has 0 radical (unpaired) electrons. The summed E-state index contributed by atoms with van der Waals surface area (Å²) in [6.07, 6.45) is 0.223. The third-order valence-electron chi connectivity index (χ3n) is 2.42. The van der Waals surface area contributed by atoms with E-state index in [1.54, 1.807) is 0 Å². The minimum atomic E-state index is -0.823. The Labute approximate surface area is 70.8 Å².